The van der Waals surface area contributed by atoms with Gasteiger partial charge in [0.15, 0.2) is 0 Å². The average Bonchev–Trinajstić information content (AvgIpc) is 2.97. The molecule has 0 unspecified atom stereocenters. The molecule has 0 heterocycles. The Bertz CT molecular complexity index is 1010. The van der Waals surface area contributed by atoms with Crippen molar-refractivity contribution in [2.24, 2.45) is 5.92 Å². The zero-order valence-electron chi connectivity index (χ0n) is 24.7. The van der Waals surface area contributed by atoms with Crippen molar-refractivity contribution in [2.75, 3.05) is 0 Å². The maximum atomic E-state index is 12.9. The normalized spacial score (nSPS) is 17.1. The molecule has 0 spiro atoms. The molecule has 3 heteroatoms. The van der Waals surface area contributed by atoms with Gasteiger partial charge in [0, 0.05) is 0 Å². The lowest BCUT2D eigenvalue weighted by Gasteiger charge is -2.29. The highest BCUT2D eigenvalue weighted by Crippen LogP contribution is 2.38. The minimum absolute atomic E-state index is 0.350. The fourth-order valence-corrected chi connectivity index (χ4v) is 6.07. The van der Waals surface area contributed by atoms with Gasteiger partial charge < -0.3 is 4.74 Å². The first-order valence-electron chi connectivity index (χ1n) is 16.0. The van der Waals surface area contributed by atoms with Gasteiger partial charge in [-0.1, -0.05) is 109 Å². The lowest BCUT2D eigenvalue weighted by Crippen LogP contribution is -2.14. The molecule has 0 radical (unpaired) electrons. The predicted molar refractivity (Wildman–Crippen MR) is 162 cm³/mol. The summed E-state index contributed by atoms with van der Waals surface area (Å²) in [5.74, 6) is 1.45. The quantitative estimate of drug-likeness (QED) is 0.116. The minimum atomic E-state index is -0.398. The summed E-state index contributed by atoms with van der Waals surface area (Å²) in [5.41, 5.74) is 3.44. The van der Waals surface area contributed by atoms with Gasteiger partial charge in [-0.15, -0.1) is 0 Å². The third-order valence-electron chi connectivity index (χ3n) is 8.62. The Morgan fingerprint density at radius 1 is 0.795 bits per heavy atom. The molecule has 1 aliphatic carbocycles. The second kappa shape index (κ2) is 17.9. The third-order valence-corrected chi connectivity index (χ3v) is 8.62. The van der Waals surface area contributed by atoms with Crippen molar-refractivity contribution in [3.8, 4) is 11.8 Å². The summed E-state index contributed by atoms with van der Waals surface area (Å²) in [4.78, 5) is 12.9. The van der Waals surface area contributed by atoms with E-state index in [-0.39, 0.29) is 0 Å². The summed E-state index contributed by atoms with van der Waals surface area (Å²) >= 11 is 0. The van der Waals surface area contributed by atoms with Crippen LogP contribution in [0.2, 0.25) is 0 Å². The molecule has 0 aromatic heterocycles. The Balaban J connectivity index is 1.44. The van der Waals surface area contributed by atoms with Crippen LogP contribution in [-0.2, 0) is 6.42 Å². The highest BCUT2D eigenvalue weighted by molar-refractivity contribution is 5.91. The molecule has 39 heavy (non-hydrogen) atoms. The topological polar surface area (TPSA) is 50.1 Å². The van der Waals surface area contributed by atoms with Crippen molar-refractivity contribution in [1.82, 2.24) is 0 Å². The molecule has 0 saturated heterocycles. The van der Waals surface area contributed by atoms with Gasteiger partial charge in [-0.2, -0.15) is 5.26 Å². The number of benzene rings is 2. The van der Waals surface area contributed by atoms with Crippen LogP contribution in [0.5, 0.6) is 5.75 Å². The second-order valence-corrected chi connectivity index (χ2v) is 11.7. The zero-order chi connectivity index (χ0) is 27.7. The first kappa shape index (κ1) is 30.9. The maximum absolute atomic E-state index is 12.9. The van der Waals surface area contributed by atoms with Gasteiger partial charge in [-0.25, -0.2) is 4.79 Å². The molecule has 0 bridgehead atoms. The average molecular weight is 530 g/mol. The Labute approximate surface area is 238 Å². The van der Waals surface area contributed by atoms with Gasteiger partial charge in [0.1, 0.15) is 11.8 Å². The predicted octanol–water partition coefficient (Wildman–Crippen LogP) is 10.7. The summed E-state index contributed by atoms with van der Waals surface area (Å²) in [6.45, 7) is 4.52. The van der Waals surface area contributed by atoms with Gasteiger partial charge in [0.05, 0.1) is 11.1 Å². The maximum Gasteiger partial charge on any atom is 0.343 e. The summed E-state index contributed by atoms with van der Waals surface area (Å²) < 4.78 is 5.66. The fraction of sp³-hybridized carbons (Fsp3) is 0.611. The van der Waals surface area contributed by atoms with Crippen LogP contribution in [0.25, 0.3) is 0 Å². The molecule has 2 aromatic carbocycles. The Kier molecular flexibility index (Phi) is 14.2. The van der Waals surface area contributed by atoms with Crippen LogP contribution < -0.4 is 4.74 Å². The molecule has 212 valence electrons. The van der Waals surface area contributed by atoms with E-state index in [1.807, 2.05) is 24.3 Å². The first-order chi connectivity index (χ1) is 19.1. The Morgan fingerprint density at radius 3 is 2.05 bits per heavy atom. The van der Waals surface area contributed by atoms with E-state index in [0.717, 1.165) is 24.3 Å². The number of nitriles is 1. The lowest BCUT2D eigenvalue weighted by atomic mass is 9.77. The van der Waals surface area contributed by atoms with Crippen LogP contribution in [0, 0.1) is 17.2 Å². The van der Waals surface area contributed by atoms with Crippen molar-refractivity contribution in [3.05, 3.63) is 64.7 Å². The van der Waals surface area contributed by atoms with Crippen LogP contribution in [0.4, 0.5) is 0 Å². The molecule has 3 nitrogen and oxygen atoms in total. The largest absolute Gasteiger partial charge is 0.422 e. The van der Waals surface area contributed by atoms with Gasteiger partial charge in [0.2, 0.25) is 0 Å². The van der Waals surface area contributed by atoms with Crippen LogP contribution in [0.3, 0.4) is 0 Å². The summed E-state index contributed by atoms with van der Waals surface area (Å²) in [7, 11) is 0. The molecular formula is C36H51NO2. The molecular weight excluding hydrogens is 478 g/mol. The van der Waals surface area contributed by atoms with Crippen LogP contribution >= 0.6 is 0 Å². The smallest absolute Gasteiger partial charge is 0.343 e. The summed E-state index contributed by atoms with van der Waals surface area (Å²) in [6.07, 6.45) is 23.3. The molecule has 3 rings (SSSR count). The van der Waals surface area contributed by atoms with E-state index in [1.54, 1.807) is 6.07 Å². The van der Waals surface area contributed by atoms with Crippen LogP contribution in [-0.4, -0.2) is 5.97 Å². The molecule has 0 N–H and O–H groups in total. The van der Waals surface area contributed by atoms with E-state index in [1.165, 1.54) is 108 Å². The standard InChI is InChI=1S/C36H51NO2/c1-3-5-7-9-10-12-14-16-30-19-26-35(34(27-30)28-37)39-36(38)33-24-22-32(23-25-33)31-20-17-29(18-21-31)15-13-11-8-6-4-2/h19,22-27,29,31H,3-18,20-21H2,1-2H3. The highest BCUT2D eigenvalue weighted by atomic mass is 16.5. The van der Waals surface area contributed by atoms with Crippen molar-refractivity contribution < 1.29 is 9.53 Å². The van der Waals surface area contributed by atoms with E-state index in [0.29, 0.717) is 22.8 Å². The number of rotatable bonds is 17. The number of carbonyl (C=O) groups excluding carboxylic acids is 1. The SMILES string of the molecule is CCCCCCCCCc1ccc(OC(=O)c2ccc(C3CCC(CCCCCCC)CC3)cc2)c(C#N)c1. The third kappa shape index (κ3) is 10.8. The van der Waals surface area contributed by atoms with Gasteiger partial charge in [-0.3, -0.25) is 0 Å². The summed E-state index contributed by atoms with van der Waals surface area (Å²) in [5, 5.41) is 9.66. The Hall–Kier alpha value is -2.60. The van der Waals surface area contributed by atoms with Crippen LogP contribution in [0.1, 0.15) is 156 Å². The van der Waals surface area contributed by atoms with Gasteiger partial charge in [0.25, 0.3) is 0 Å². The van der Waals surface area contributed by atoms with E-state index in [9.17, 15) is 10.1 Å². The van der Waals surface area contributed by atoms with Crippen LogP contribution in [0.15, 0.2) is 42.5 Å². The lowest BCUT2D eigenvalue weighted by molar-refractivity contribution is 0.0734. The number of unbranched alkanes of at least 4 members (excludes halogenated alkanes) is 10. The van der Waals surface area contributed by atoms with E-state index < -0.39 is 5.97 Å². The number of hydrogen-bond acceptors (Lipinski definition) is 3. The fourth-order valence-electron chi connectivity index (χ4n) is 6.07. The first-order valence-corrected chi connectivity index (χ1v) is 16.0. The van der Waals surface area contributed by atoms with Gasteiger partial charge in [-0.05, 0) is 85.8 Å². The molecule has 2 aromatic rings. The zero-order valence-corrected chi connectivity index (χ0v) is 24.7. The molecule has 0 amide bonds. The minimum Gasteiger partial charge on any atom is -0.422 e. The summed E-state index contributed by atoms with van der Waals surface area (Å²) in [6, 6.07) is 15.8. The number of nitrogens with zero attached hydrogens (tertiary/aromatic N) is 1. The molecule has 0 atom stereocenters. The number of carbonyl (C=O) groups is 1. The van der Waals surface area contributed by atoms with E-state index in [2.05, 4.69) is 32.0 Å². The highest BCUT2D eigenvalue weighted by Gasteiger charge is 2.22. The van der Waals surface area contributed by atoms with Crippen molar-refractivity contribution in [1.29, 1.82) is 5.26 Å². The number of ether oxygens (including phenoxy) is 1. The van der Waals surface area contributed by atoms with E-state index >= 15 is 0 Å². The number of aryl methyl sites for hydroxylation is 1. The van der Waals surface area contributed by atoms with Gasteiger partial charge >= 0.3 is 5.97 Å². The van der Waals surface area contributed by atoms with E-state index in [4.69, 9.17) is 4.74 Å². The van der Waals surface area contributed by atoms with Crippen molar-refractivity contribution >= 4 is 5.97 Å². The molecule has 1 aliphatic rings. The number of esters is 1. The molecule has 1 fully saturated rings. The monoisotopic (exact) mass is 529 g/mol. The van der Waals surface area contributed by atoms with Crippen molar-refractivity contribution in [2.45, 2.75) is 135 Å². The Morgan fingerprint density at radius 2 is 1.41 bits per heavy atom. The molecule has 0 aliphatic heterocycles. The second-order valence-electron chi connectivity index (χ2n) is 11.7. The van der Waals surface area contributed by atoms with Crippen molar-refractivity contribution in [3.63, 3.8) is 0 Å². The number of hydrogen-bond donors (Lipinski definition) is 0. The molecule has 1 saturated carbocycles.